The number of benzene rings is 2. The molecule has 9 heteroatoms. The number of urea groups is 2. The Kier molecular flexibility index (Phi) is 7.42. The Labute approximate surface area is 169 Å². The van der Waals surface area contributed by atoms with E-state index in [0.717, 1.165) is 18.4 Å². The molecule has 0 aromatic heterocycles. The fourth-order valence-electron chi connectivity index (χ4n) is 2.33. The highest BCUT2D eigenvalue weighted by molar-refractivity contribution is 7.93. The van der Waals surface area contributed by atoms with Crippen LogP contribution in [0.2, 0.25) is 5.02 Å². The molecule has 2 aromatic rings. The number of unbranched alkanes of at least 4 members (excludes halogenated alkanes) is 1. The Morgan fingerprint density at radius 1 is 1.04 bits per heavy atom. The van der Waals surface area contributed by atoms with Crippen molar-refractivity contribution in [1.29, 1.82) is 0 Å². The van der Waals surface area contributed by atoms with Crippen LogP contribution in [0.3, 0.4) is 0 Å². The zero-order valence-corrected chi connectivity index (χ0v) is 17.2. The van der Waals surface area contributed by atoms with Gasteiger partial charge < -0.3 is 5.32 Å². The summed E-state index contributed by atoms with van der Waals surface area (Å²) in [4.78, 5) is 24.6. The standard InChI is InChI=1S/C19H22ClN3O4S/c1-3-4-13-21-18(24)22-19(25)23(16-9-7-15(20)8-10-16)28(26,27)17-11-5-14(2)6-12-17/h5-12H,3-4,13H2,1-2H3,(H2,21,22,24,25). The van der Waals surface area contributed by atoms with E-state index < -0.39 is 22.1 Å². The van der Waals surface area contributed by atoms with Crippen LogP contribution in [0.1, 0.15) is 25.3 Å². The molecule has 28 heavy (non-hydrogen) atoms. The van der Waals surface area contributed by atoms with Gasteiger partial charge in [-0.1, -0.05) is 42.6 Å². The number of carbonyl (C=O) groups is 2. The summed E-state index contributed by atoms with van der Waals surface area (Å²) in [6, 6.07) is 9.92. The minimum absolute atomic E-state index is 0.0591. The molecule has 0 saturated heterocycles. The zero-order valence-electron chi connectivity index (χ0n) is 15.6. The maximum Gasteiger partial charge on any atom is 0.344 e. The molecule has 0 heterocycles. The SMILES string of the molecule is CCCCNC(=O)NC(=O)N(c1ccc(Cl)cc1)S(=O)(=O)c1ccc(C)cc1. The van der Waals surface area contributed by atoms with Gasteiger partial charge in [-0.3, -0.25) is 5.32 Å². The lowest BCUT2D eigenvalue weighted by molar-refractivity contribution is 0.231. The first-order chi connectivity index (χ1) is 13.3. The van der Waals surface area contributed by atoms with Crippen molar-refractivity contribution in [2.75, 3.05) is 10.8 Å². The number of anilines is 1. The first kappa shape index (κ1) is 21.7. The number of hydrogen-bond donors (Lipinski definition) is 2. The van der Waals surface area contributed by atoms with Crippen LogP contribution < -0.4 is 14.9 Å². The third kappa shape index (κ3) is 5.46. The number of nitrogens with zero attached hydrogens (tertiary/aromatic N) is 1. The van der Waals surface area contributed by atoms with Crippen LogP contribution in [-0.4, -0.2) is 27.0 Å². The van der Waals surface area contributed by atoms with E-state index in [0.29, 0.717) is 15.9 Å². The first-order valence-electron chi connectivity index (χ1n) is 8.72. The number of nitrogens with one attached hydrogen (secondary N) is 2. The van der Waals surface area contributed by atoms with Crippen molar-refractivity contribution >= 4 is 39.4 Å². The molecule has 4 amide bonds. The number of imide groups is 1. The topological polar surface area (TPSA) is 95.6 Å². The van der Waals surface area contributed by atoms with Gasteiger partial charge in [-0.25, -0.2) is 18.0 Å². The van der Waals surface area contributed by atoms with Gasteiger partial charge in [-0.15, -0.1) is 0 Å². The van der Waals surface area contributed by atoms with E-state index in [9.17, 15) is 18.0 Å². The van der Waals surface area contributed by atoms with Gasteiger partial charge >= 0.3 is 12.1 Å². The van der Waals surface area contributed by atoms with Crippen LogP contribution in [0.5, 0.6) is 0 Å². The number of hydrogen-bond acceptors (Lipinski definition) is 4. The molecule has 2 N–H and O–H groups in total. The number of aryl methyl sites for hydroxylation is 1. The molecule has 0 aliphatic heterocycles. The van der Waals surface area contributed by atoms with Crippen molar-refractivity contribution in [3.8, 4) is 0 Å². The number of amides is 4. The average Bonchev–Trinajstić information content (AvgIpc) is 2.64. The second kappa shape index (κ2) is 9.57. The summed E-state index contributed by atoms with van der Waals surface area (Å²) in [6.07, 6.45) is 1.61. The Bertz CT molecular complexity index is 929. The van der Waals surface area contributed by atoms with Crippen molar-refractivity contribution in [3.05, 3.63) is 59.1 Å². The molecule has 7 nitrogen and oxygen atoms in total. The molecule has 0 bridgehead atoms. The number of rotatable bonds is 6. The fraction of sp³-hybridized carbons (Fsp3) is 0.263. The molecule has 0 aliphatic rings. The van der Waals surface area contributed by atoms with Crippen LogP contribution in [0.25, 0.3) is 0 Å². The van der Waals surface area contributed by atoms with Crippen LogP contribution in [0.4, 0.5) is 15.3 Å². The van der Waals surface area contributed by atoms with Crippen LogP contribution in [-0.2, 0) is 10.0 Å². The summed E-state index contributed by atoms with van der Waals surface area (Å²) in [5.74, 6) is 0. The molecule has 0 unspecified atom stereocenters. The van der Waals surface area contributed by atoms with Crippen LogP contribution in [0, 0.1) is 6.92 Å². The van der Waals surface area contributed by atoms with Gasteiger partial charge in [0.15, 0.2) is 0 Å². The molecule has 0 radical (unpaired) electrons. The molecule has 150 valence electrons. The number of halogens is 1. The van der Waals surface area contributed by atoms with E-state index in [1.165, 1.54) is 36.4 Å². The Morgan fingerprint density at radius 3 is 2.21 bits per heavy atom. The fourth-order valence-corrected chi connectivity index (χ4v) is 3.81. The Hall–Kier alpha value is -2.58. The van der Waals surface area contributed by atoms with Crippen molar-refractivity contribution in [3.63, 3.8) is 0 Å². The monoisotopic (exact) mass is 423 g/mol. The molecule has 0 fully saturated rings. The van der Waals surface area contributed by atoms with E-state index in [2.05, 4.69) is 10.6 Å². The van der Waals surface area contributed by atoms with Gasteiger partial charge in [0.1, 0.15) is 0 Å². The minimum atomic E-state index is -4.26. The molecule has 2 aromatic carbocycles. The second-order valence-electron chi connectivity index (χ2n) is 6.10. The summed E-state index contributed by atoms with van der Waals surface area (Å²) < 4.78 is 26.8. The maximum atomic E-state index is 13.1. The zero-order chi connectivity index (χ0) is 20.7. The Balaban J connectivity index is 2.37. The van der Waals surface area contributed by atoms with Gasteiger partial charge in [-0.05, 0) is 49.7 Å². The normalized spacial score (nSPS) is 11.0. The maximum absolute atomic E-state index is 13.1. The quantitative estimate of drug-likeness (QED) is 0.684. The number of sulfonamides is 1. The van der Waals surface area contributed by atoms with Gasteiger partial charge in [-0.2, -0.15) is 4.31 Å². The first-order valence-corrected chi connectivity index (χ1v) is 10.5. The Morgan fingerprint density at radius 2 is 1.64 bits per heavy atom. The van der Waals surface area contributed by atoms with E-state index >= 15 is 0 Å². The van der Waals surface area contributed by atoms with E-state index in [1.54, 1.807) is 12.1 Å². The van der Waals surface area contributed by atoms with E-state index in [4.69, 9.17) is 11.6 Å². The van der Waals surface area contributed by atoms with Gasteiger partial charge in [0.25, 0.3) is 10.0 Å². The third-order valence-electron chi connectivity index (χ3n) is 3.84. The van der Waals surface area contributed by atoms with E-state index in [-0.39, 0.29) is 10.6 Å². The highest BCUT2D eigenvalue weighted by atomic mass is 35.5. The van der Waals surface area contributed by atoms with Crippen LogP contribution >= 0.6 is 11.6 Å². The molecule has 0 spiro atoms. The molecular formula is C19H22ClN3O4S. The van der Waals surface area contributed by atoms with Gasteiger partial charge in [0, 0.05) is 11.6 Å². The summed E-state index contributed by atoms with van der Waals surface area (Å²) in [5.41, 5.74) is 0.931. The second-order valence-corrected chi connectivity index (χ2v) is 8.32. The molecule has 0 aliphatic carbocycles. The lowest BCUT2D eigenvalue weighted by atomic mass is 10.2. The molecule has 0 atom stereocenters. The lowest BCUT2D eigenvalue weighted by Crippen LogP contribution is -2.49. The minimum Gasteiger partial charge on any atom is -0.338 e. The average molecular weight is 424 g/mol. The highest BCUT2D eigenvalue weighted by Crippen LogP contribution is 2.25. The summed E-state index contributed by atoms with van der Waals surface area (Å²) >= 11 is 5.87. The molecule has 0 saturated carbocycles. The predicted molar refractivity (Wildman–Crippen MR) is 109 cm³/mol. The van der Waals surface area contributed by atoms with Gasteiger partial charge in [0.05, 0.1) is 10.6 Å². The molecular weight excluding hydrogens is 402 g/mol. The highest BCUT2D eigenvalue weighted by Gasteiger charge is 2.32. The predicted octanol–water partition coefficient (Wildman–Crippen LogP) is 4.06. The lowest BCUT2D eigenvalue weighted by Gasteiger charge is -2.23. The summed E-state index contributed by atoms with van der Waals surface area (Å²) in [5, 5.41) is 4.96. The van der Waals surface area contributed by atoms with Crippen molar-refractivity contribution in [2.45, 2.75) is 31.6 Å². The van der Waals surface area contributed by atoms with Crippen molar-refractivity contribution in [1.82, 2.24) is 10.6 Å². The number of carbonyl (C=O) groups excluding carboxylic acids is 2. The van der Waals surface area contributed by atoms with Crippen molar-refractivity contribution < 1.29 is 18.0 Å². The third-order valence-corrected chi connectivity index (χ3v) is 5.82. The molecule has 2 rings (SSSR count). The smallest absolute Gasteiger partial charge is 0.338 e. The summed E-state index contributed by atoms with van der Waals surface area (Å²) in [6.45, 7) is 4.16. The van der Waals surface area contributed by atoms with Crippen molar-refractivity contribution in [2.24, 2.45) is 0 Å². The van der Waals surface area contributed by atoms with Gasteiger partial charge in [0.2, 0.25) is 0 Å². The van der Waals surface area contributed by atoms with Crippen LogP contribution in [0.15, 0.2) is 53.4 Å². The summed E-state index contributed by atoms with van der Waals surface area (Å²) in [7, 11) is -4.26. The van der Waals surface area contributed by atoms with E-state index in [1.807, 2.05) is 13.8 Å². The largest absolute Gasteiger partial charge is 0.344 e.